The molecule has 2 N–H and O–H groups in total. The van der Waals surface area contributed by atoms with Gasteiger partial charge in [0.15, 0.2) is 0 Å². The van der Waals surface area contributed by atoms with E-state index in [1.807, 2.05) is 20.8 Å². The van der Waals surface area contributed by atoms with Gasteiger partial charge in [-0.2, -0.15) is 4.98 Å². The van der Waals surface area contributed by atoms with Crippen molar-refractivity contribution in [2.75, 3.05) is 0 Å². The minimum atomic E-state index is -0.485. The van der Waals surface area contributed by atoms with E-state index in [2.05, 4.69) is 9.97 Å². The third kappa shape index (κ3) is 3.92. The van der Waals surface area contributed by atoms with Gasteiger partial charge in [0.2, 0.25) is 11.8 Å². The molecule has 0 aliphatic rings. The van der Waals surface area contributed by atoms with Crippen LogP contribution in [0.4, 0.5) is 0 Å². The number of ether oxygens (including phenoxy) is 1. The van der Waals surface area contributed by atoms with Crippen molar-refractivity contribution in [2.24, 2.45) is 5.73 Å². The van der Waals surface area contributed by atoms with Crippen LogP contribution in [-0.2, 0) is 5.41 Å². The second-order valence-electron chi connectivity index (χ2n) is 5.59. The van der Waals surface area contributed by atoms with Crippen molar-refractivity contribution in [3.8, 4) is 11.6 Å². The van der Waals surface area contributed by atoms with Gasteiger partial charge < -0.3 is 10.5 Å². The quantitative estimate of drug-likeness (QED) is 0.882. The number of benzene rings is 1. The van der Waals surface area contributed by atoms with E-state index in [-0.39, 0.29) is 5.41 Å². The minimum Gasteiger partial charge on any atom is -0.439 e. The van der Waals surface area contributed by atoms with E-state index in [0.29, 0.717) is 28.2 Å². The van der Waals surface area contributed by atoms with Crippen LogP contribution in [0.2, 0.25) is 5.15 Å². The number of primary amides is 1. The lowest BCUT2D eigenvalue weighted by atomic mass is 9.96. The number of hydrogen-bond acceptors (Lipinski definition) is 4. The van der Waals surface area contributed by atoms with Crippen LogP contribution in [0.1, 0.15) is 37.0 Å². The summed E-state index contributed by atoms with van der Waals surface area (Å²) in [6, 6.07) is 8.01. The third-order valence-electron chi connectivity index (χ3n) is 2.70. The van der Waals surface area contributed by atoms with Crippen molar-refractivity contribution in [3.63, 3.8) is 0 Å². The number of carbonyl (C=O) groups excluding carboxylic acids is 1. The first-order valence-corrected chi connectivity index (χ1v) is 6.76. The molecule has 2 rings (SSSR count). The van der Waals surface area contributed by atoms with E-state index in [1.54, 1.807) is 30.3 Å². The number of carbonyl (C=O) groups is 1. The summed E-state index contributed by atoms with van der Waals surface area (Å²) in [5.74, 6) is 1.00. The molecule has 21 heavy (non-hydrogen) atoms. The lowest BCUT2D eigenvalue weighted by molar-refractivity contribution is 0.100. The Labute approximate surface area is 128 Å². The molecule has 0 fully saturated rings. The van der Waals surface area contributed by atoms with E-state index in [0.717, 1.165) is 0 Å². The molecule has 0 bridgehead atoms. The highest BCUT2D eigenvalue weighted by atomic mass is 35.5. The van der Waals surface area contributed by atoms with Crippen molar-refractivity contribution in [1.29, 1.82) is 0 Å². The van der Waals surface area contributed by atoms with Crippen LogP contribution >= 0.6 is 11.6 Å². The third-order valence-corrected chi connectivity index (χ3v) is 2.90. The molecule has 0 spiro atoms. The van der Waals surface area contributed by atoms with Gasteiger partial charge in [-0.1, -0.05) is 32.4 Å². The van der Waals surface area contributed by atoms with E-state index >= 15 is 0 Å². The van der Waals surface area contributed by atoms with Crippen molar-refractivity contribution in [1.82, 2.24) is 9.97 Å². The zero-order chi connectivity index (χ0) is 15.6. The van der Waals surface area contributed by atoms with Crippen molar-refractivity contribution < 1.29 is 9.53 Å². The minimum absolute atomic E-state index is 0.237. The lowest BCUT2D eigenvalue weighted by Gasteiger charge is -2.17. The molecule has 0 aliphatic heterocycles. The average Bonchev–Trinajstić information content (AvgIpc) is 2.37. The summed E-state index contributed by atoms with van der Waals surface area (Å²) >= 11 is 6.00. The molecule has 0 saturated heterocycles. The van der Waals surface area contributed by atoms with Crippen LogP contribution in [0.5, 0.6) is 11.6 Å². The number of rotatable bonds is 3. The summed E-state index contributed by atoms with van der Waals surface area (Å²) in [4.78, 5) is 19.6. The number of hydrogen-bond donors (Lipinski definition) is 1. The zero-order valence-electron chi connectivity index (χ0n) is 12.1. The van der Waals surface area contributed by atoms with Crippen molar-refractivity contribution >= 4 is 17.5 Å². The van der Waals surface area contributed by atoms with Crippen LogP contribution in [0.3, 0.4) is 0 Å². The maximum Gasteiger partial charge on any atom is 0.248 e. The molecular formula is C15H16ClN3O2. The van der Waals surface area contributed by atoms with Gasteiger partial charge in [-0.3, -0.25) is 4.79 Å². The van der Waals surface area contributed by atoms with Gasteiger partial charge >= 0.3 is 0 Å². The van der Waals surface area contributed by atoms with Gasteiger partial charge in [-0.05, 0) is 24.3 Å². The predicted octanol–water partition coefficient (Wildman–Crippen LogP) is 3.32. The second-order valence-corrected chi connectivity index (χ2v) is 5.98. The molecule has 1 aromatic carbocycles. The van der Waals surface area contributed by atoms with Crippen LogP contribution in [-0.4, -0.2) is 15.9 Å². The Bertz CT molecular complexity index is 664. The molecule has 1 amide bonds. The summed E-state index contributed by atoms with van der Waals surface area (Å²) in [6.07, 6.45) is 0. The van der Waals surface area contributed by atoms with Crippen LogP contribution in [0.25, 0.3) is 0 Å². The Morgan fingerprint density at radius 3 is 2.33 bits per heavy atom. The van der Waals surface area contributed by atoms with E-state index in [4.69, 9.17) is 22.1 Å². The summed E-state index contributed by atoms with van der Waals surface area (Å²) < 4.78 is 5.64. The van der Waals surface area contributed by atoms with Gasteiger partial charge in [-0.15, -0.1) is 0 Å². The number of halogens is 1. The van der Waals surface area contributed by atoms with Crippen LogP contribution in [0, 0.1) is 0 Å². The first kappa shape index (κ1) is 15.3. The average molecular weight is 306 g/mol. The van der Waals surface area contributed by atoms with Gasteiger partial charge in [0.25, 0.3) is 0 Å². The second kappa shape index (κ2) is 5.69. The molecule has 2 aromatic rings. The SMILES string of the molecule is CC(C)(C)c1nc(Cl)cc(Oc2ccc(C(N)=O)cc2)n1. The van der Waals surface area contributed by atoms with Gasteiger partial charge in [-0.25, -0.2) is 4.98 Å². The Hall–Kier alpha value is -2.14. The Morgan fingerprint density at radius 2 is 1.81 bits per heavy atom. The van der Waals surface area contributed by atoms with Gasteiger partial charge in [0.05, 0.1) is 0 Å². The summed E-state index contributed by atoms with van der Waals surface area (Å²) in [6.45, 7) is 5.97. The highest BCUT2D eigenvalue weighted by molar-refractivity contribution is 6.29. The van der Waals surface area contributed by atoms with E-state index < -0.39 is 5.91 Å². The maximum atomic E-state index is 11.0. The molecular weight excluding hydrogens is 290 g/mol. The first-order valence-electron chi connectivity index (χ1n) is 6.38. The summed E-state index contributed by atoms with van der Waals surface area (Å²) in [5, 5.41) is 0.318. The first-order chi connectivity index (χ1) is 9.75. The number of nitrogens with zero attached hydrogens (tertiary/aromatic N) is 2. The Balaban J connectivity index is 2.27. The van der Waals surface area contributed by atoms with Crippen LogP contribution < -0.4 is 10.5 Å². The smallest absolute Gasteiger partial charge is 0.248 e. The Kier molecular flexibility index (Phi) is 4.14. The Morgan fingerprint density at radius 1 is 1.19 bits per heavy atom. The highest BCUT2D eigenvalue weighted by Gasteiger charge is 2.19. The fraction of sp³-hybridized carbons (Fsp3) is 0.267. The monoisotopic (exact) mass is 305 g/mol. The maximum absolute atomic E-state index is 11.0. The summed E-state index contributed by atoms with van der Waals surface area (Å²) in [5.41, 5.74) is 5.36. The molecule has 6 heteroatoms. The molecule has 0 radical (unpaired) electrons. The number of nitrogens with two attached hydrogens (primary N) is 1. The van der Waals surface area contributed by atoms with Gasteiger partial charge in [0, 0.05) is 17.0 Å². The largest absolute Gasteiger partial charge is 0.439 e. The fourth-order valence-electron chi connectivity index (χ4n) is 1.59. The van der Waals surface area contributed by atoms with E-state index in [1.165, 1.54) is 0 Å². The zero-order valence-corrected chi connectivity index (χ0v) is 12.8. The normalized spacial score (nSPS) is 11.2. The molecule has 0 aliphatic carbocycles. The molecule has 1 aromatic heterocycles. The molecule has 0 saturated carbocycles. The topological polar surface area (TPSA) is 78.1 Å². The van der Waals surface area contributed by atoms with E-state index in [9.17, 15) is 4.79 Å². The number of aromatic nitrogens is 2. The highest BCUT2D eigenvalue weighted by Crippen LogP contribution is 2.26. The molecule has 5 nitrogen and oxygen atoms in total. The molecule has 0 atom stereocenters. The van der Waals surface area contributed by atoms with Crippen molar-refractivity contribution in [3.05, 3.63) is 46.9 Å². The fourth-order valence-corrected chi connectivity index (χ4v) is 1.77. The van der Waals surface area contributed by atoms with Crippen molar-refractivity contribution in [2.45, 2.75) is 26.2 Å². The summed E-state index contributed by atoms with van der Waals surface area (Å²) in [7, 11) is 0. The molecule has 110 valence electrons. The number of amides is 1. The molecule has 1 heterocycles. The standard InChI is InChI=1S/C15H16ClN3O2/c1-15(2,3)14-18-11(16)8-12(19-14)21-10-6-4-9(5-7-10)13(17)20/h4-8H,1-3H3,(H2,17,20). The van der Waals surface area contributed by atoms with Gasteiger partial charge in [0.1, 0.15) is 16.7 Å². The lowest BCUT2D eigenvalue weighted by Crippen LogP contribution is -2.16. The predicted molar refractivity (Wildman–Crippen MR) is 80.8 cm³/mol. The molecule has 0 unspecified atom stereocenters. The van der Waals surface area contributed by atoms with Crippen LogP contribution in [0.15, 0.2) is 30.3 Å².